The maximum Gasteiger partial charge on any atom is 0.154 e. The maximum absolute atomic E-state index is 4.57. The van der Waals surface area contributed by atoms with E-state index in [1.807, 2.05) is 17.8 Å². The van der Waals surface area contributed by atoms with E-state index in [-0.39, 0.29) is 0 Å². The van der Waals surface area contributed by atoms with Gasteiger partial charge in [-0.1, -0.05) is 13.8 Å². The third-order valence-electron chi connectivity index (χ3n) is 3.04. The van der Waals surface area contributed by atoms with E-state index in [0.29, 0.717) is 5.92 Å². The van der Waals surface area contributed by atoms with E-state index in [1.165, 1.54) is 0 Å². The van der Waals surface area contributed by atoms with Gasteiger partial charge in [0, 0.05) is 32.5 Å². The van der Waals surface area contributed by atoms with Crippen LogP contribution in [0.5, 0.6) is 0 Å². The molecule has 0 saturated carbocycles. The molecule has 0 aliphatic carbocycles. The van der Waals surface area contributed by atoms with Crippen molar-refractivity contribution in [2.45, 2.75) is 19.8 Å². The second-order valence-electron chi connectivity index (χ2n) is 4.83. The van der Waals surface area contributed by atoms with E-state index < -0.39 is 0 Å². The highest BCUT2D eigenvalue weighted by Crippen LogP contribution is 2.21. The van der Waals surface area contributed by atoms with Gasteiger partial charge in [-0.3, -0.25) is 0 Å². The van der Waals surface area contributed by atoms with Crippen LogP contribution in [0.15, 0.2) is 18.5 Å². The van der Waals surface area contributed by atoms with Gasteiger partial charge in [-0.2, -0.15) is 5.10 Å². The third-order valence-corrected chi connectivity index (χ3v) is 3.04. The van der Waals surface area contributed by atoms with Crippen LogP contribution in [0.2, 0.25) is 0 Å². The fraction of sp³-hybridized carbons (Fsp3) is 0.538. The molecule has 1 N–H and O–H groups in total. The number of anilines is 1. The van der Waals surface area contributed by atoms with Gasteiger partial charge < -0.3 is 10.2 Å². The summed E-state index contributed by atoms with van der Waals surface area (Å²) < 4.78 is 1.91. The minimum atomic E-state index is 0.431. The summed E-state index contributed by atoms with van der Waals surface area (Å²) in [7, 11) is 4.01. The average Bonchev–Trinajstić information content (AvgIpc) is 2.79. The van der Waals surface area contributed by atoms with Crippen LogP contribution in [0.4, 0.5) is 5.82 Å². The minimum Gasteiger partial charge on any atom is -0.357 e. The van der Waals surface area contributed by atoms with Gasteiger partial charge in [0.25, 0.3) is 0 Å². The first-order chi connectivity index (χ1) is 8.63. The van der Waals surface area contributed by atoms with Gasteiger partial charge in [-0.25, -0.2) is 9.50 Å². The van der Waals surface area contributed by atoms with Crippen LogP contribution in [0.3, 0.4) is 0 Å². The van der Waals surface area contributed by atoms with Crippen LogP contribution < -0.4 is 10.2 Å². The van der Waals surface area contributed by atoms with E-state index in [4.69, 9.17) is 0 Å². The summed E-state index contributed by atoms with van der Waals surface area (Å²) in [6, 6.07) is 2.13. The van der Waals surface area contributed by atoms with Crippen molar-refractivity contribution in [3.8, 4) is 0 Å². The van der Waals surface area contributed by atoms with E-state index in [9.17, 15) is 0 Å². The first kappa shape index (κ1) is 12.8. The fourth-order valence-corrected chi connectivity index (χ4v) is 1.89. The molecular formula is C13H21N5. The molecule has 0 amide bonds. The summed E-state index contributed by atoms with van der Waals surface area (Å²) in [6.07, 6.45) is 3.70. The van der Waals surface area contributed by atoms with Crippen molar-refractivity contribution in [1.82, 2.24) is 19.9 Å². The van der Waals surface area contributed by atoms with E-state index in [0.717, 1.165) is 30.1 Å². The monoisotopic (exact) mass is 247 g/mol. The molecule has 5 heteroatoms. The lowest BCUT2D eigenvalue weighted by Gasteiger charge is -2.18. The van der Waals surface area contributed by atoms with E-state index in [1.54, 1.807) is 6.20 Å². The van der Waals surface area contributed by atoms with Crippen molar-refractivity contribution in [3.63, 3.8) is 0 Å². The molecule has 2 aromatic rings. The van der Waals surface area contributed by atoms with Gasteiger partial charge in [0.2, 0.25) is 0 Å². The first-order valence-corrected chi connectivity index (χ1v) is 6.33. The number of hydrogen-bond acceptors (Lipinski definition) is 4. The highest BCUT2D eigenvalue weighted by Gasteiger charge is 2.12. The second-order valence-corrected chi connectivity index (χ2v) is 4.83. The maximum atomic E-state index is 4.57. The van der Waals surface area contributed by atoms with Gasteiger partial charge >= 0.3 is 0 Å². The predicted molar refractivity (Wildman–Crippen MR) is 74.3 cm³/mol. The van der Waals surface area contributed by atoms with Crippen molar-refractivity contribution >= 4 is 11.3 Å². The minimum absolute atomic E-state index is 0.431. The summed E-state index contributed by atoms with van der Waals surface area (Å²) in [4.78, 5) is 6.62. The SMILES string of the molecule is CNCCN(C)c1nccn2nc(C(C)C)cc12. The lowest BCUT2D eigenvalue weighted by atomic mass is 10.1. The Bertz CT molecular complexity index is 517. The molecule has 0 aliphatic heterocycles. The first-order valence-electron chi connectivity index (χ1n) is 6.33. The summed E-state index contributed by atoms with van der Waals surface area (Å²) in [5, 5.41) is 7.72. The summed E-state index contributed by atoms with van der Waals surface area (Å²) >= 11 is 0. The molecule has 2 aromatic heterocycles. The molecule has 98 valence electrons. The molecule has 2 heterocycles. The Labute approximate surface area is 108 Å². The molecule has 0 atom stereocenters. The number of likely N-dealkylation sites (N-methyl/N-ethyl adjacent to an activating group) is 2. The van der Waals surface area contributed by atoms with Crippen molar-refractivity contribution in [3.05, 3.63) is 24.2 Å². The highest BCUT2D eigenvalue weighted by molar-refractivity contribution is 5.68. The lowest BCUT2D eigenvalue weighted by Crippen LogP contribution is -2.28. The van der Waals surface area contributed by atoms with Crippen molar-refractivity contribution in [2.24, 2.45) is 0 Å². The van der Waals surface area contributed by atoms with Crippen LogP contribution in [-0.2, 0) is 0 Å². The molecule has 18 heavy (non-hydrogen) atoms. The molecule has 0 unspecified atom stereocenters. The summed E-state index contributed by atoms with van der Waals surface area (Å²) in [5.74, 6) is 1.41. The number of nitrogens with zero attached hydrogens (tertiary/aromatic N) is 4. The predicted octanol–water partition coefficient (Wildman–Crippen LogP) is 1.51. The Hall–Kier alpha value is -1.62. The number of nitrogens with one attached hydrogen (secondary N) is 1. The topological polar surface area (TPSA) is 45.5 Å². The van der Waals surface area contributed by atoms with Crippen LogP contribution in [0.25, 0.3) is 5.52 Å². The molecule has 0 aromatic carbocycles. The molecule has 0 bridgehead atoms. The zero-order chi connectivity index (χ0) is 13.1. The Balaban J connectivity index is 2.38. The van der Waals surface area contributed by atoms with Gasteiger partial charge in [0.1, 0.15) is 5.52 Å². The molecule has 5 nitrogen and oxygen atoms in total. The van der Waals surface area contributed by atoms with Crippen molar-refractivity contribution in [2.75, 3.05) is 32.1 Å². The Morgan fingerprint density at radius 3 is 2.89 bits per heavy atom. The Kier molecular flexibility index (Phi) is 3.81. The lowest BCUT2D eigenvalue weighted by molar-refractivity contribution is 0.758. The number of hydrogen-bond donors (Lipinski definition) is 1. The number of fused-ring (bicyclic) bond motifs is 1. The highest BCUT2D eigenvalue weighted by atomic mass is 15.3. The van der Waals surface area contributed by atoms with Gasteiger partial charge in [-0.05, 0) is 19.0 Å². The van der Waals surface area contributed by atoms with Crippen molar-refractivity contribution < 1.29 is 0 Å². The molecule has 2 rings (SSSR count). The zero-order valence-corrected chi connectivity index (χ0v) is 11.5. The largest absolute Gasteiger partial charge is 0.357 e. The molecule has 0 saturated heterocycles. The fourth-order valence-electron chi connectivity index (χ4n) is 1.89. The standard InChI is InChI=1S/C13H21N5/c1-10(2)11-9-12-13(17(4)7-5-14-3)15-6-8-18(12)16-11/h6,8-10,14H,5,7H2,1-4H3. The third kappa shape index (κ3) is 2.46. The number of rotatable bonds is 5. The van der Waals surface area contributed by atoms with Crippen LogP contribution >= 0.6 is 0 Å². The Morgan fingerprint density at radius 1 is 1.44 bits per heavy atom. The van der Waals surface area contributed by atoms with Crippen LogP contribution in [-0.4, -0.2) is 41.8 Å². The molecule has 0 radical (unpaired) electrons. The van der Waals surface area contributed by atoms with Gasteiger partial charge in [0.05, 0.1) is 5.69 Å². The second kappa shape index (κ2) is 5.35. The molecule has 0 fully saturated rings. The summed E-state index contributed by atoms with van der Waals surface area (Å²) in [5.41, 5.74) is 2.17. The Morgan fingerprint density at radius 2 is 2.22 bits per heavy atom. The molecular weight excluding hydrogens is 226 g/mol. The van der Waals surface area contributed by atoms with Crippen molar-refractivity contribution in [1.29, 1.82) is 0 Å². The average molecular weight is 247 g/mol. The smallest absolute Gasteiger partial charge is 0.154 e. The van der Waals surface area contributed by atoms with Gasteiger partial charge in [-0.15, -0.1) is 0 Å². The van der Waals surface area contributed by atoms with Crippen LogP contribution in [0, 0.1) is 0 Å². The van der Waals surface area contributed by atoms with Crippen LogP contribution in [0.1, 0.15) is 25.5 Å². The van der Waals surface area contributed by atoms with E-state index >= 15 is 0 Å². The van der Waals surface area contributed by atoms with Gasteiger partial charge in [0.15, 0.2) is 5.82 Å². The normalized spacial score (nSPS) is 11.4. The molecule has 0 spiro atoms. The zero-order valence-electron chi connectivity index (χ0n) is 11.5. The van der Waals surface area contributed by atoms with E-state index in [2.05, 4.69) is 47.3 Å². The number of aromatic nitrogens is 3. The quantitative estimate of drug-likeness (QED) is 0.870. The summed E-state index contributed by atoms with van der Waals surface area (Å²) in [6.45, 7) is 6.16. The molecule has 0 aliphatic rings.